The SMILES string of the molecule is COc1ccc(Br)c(C(N)c2cccnc2)c1. The lowest BCUT2D eigenvalue weighted by Gasteiger charge is -2.15. The molecule has 88 valence electrons. The molecule has 0 aliphatic carbocycles. The molecule has 0 radical (unpaired) electrons. The van der Waals surface area contributed by atoms with Crippen LogP contribution in [0.5, 0.6) is 5.75 Å². The van der Waals surface area contributed by atoms with E-state index in [1.807, 2.05) is 30.3 Å². The lowest BCUT2D eigenvalue weighted by atomic mass is 10.0. The van der Waals surface area contributed by atoms with Crippen molar-refractivity contribution >= 4 is 15.9 Å². The lowest BCUT2D eigenvalue weighted by molar-refractivity contribution is 0.414. The summed E-state index contributed by atoms with van der Waals surface area (Å²) in [5, 5.41) is 0. The Balaban J connectivity index is 2.40. The Kier molecular flexibility index (Phi) is 3.76. The molecule has 0 aliphatic heterocycles. The first-order chi connectivity index (χ1) is 8.22. The molecular formula is C13H13BrN2O. The summed E-state index contributed by atoms with van der Waals surface area (Å²) >= 11 is 3.50. The maximum Gasteiger partial charge on any atom is 0.119 e. The average Bonchev–Trinajstić information content (AvgIpc) is 2.39. The number of hydrogen-bond donors (Lipinski definition) is 1. The van der Waals surface area contributed by atoms with Gasteiger partial charge in [0, 0.05) is 16.9 Å². The van der Waals surface area contributed by atoms with Gasteiger partial charge in [0.1, 0.15) is 5.75 Å². The van der Waals surface area contributed by atoms with E-state index in [9.17, 15) is 0 Å². The van der Waals surface area contributed by atoms with E-state index < -0.39 is 0 Å². The summed E-state index contributed by atoms with van der Waals surface area (Å²) in [5.74, 6) is 0.794. The Bertz CT molecular complexity index is 502. The van der Waals surface area contributed by atoms with Gasteiger partial charge in [0.05, 0.1) is 13.2 Å². The maximum absolute atomic E-state index is 6.22. The fourth-order valence-corrected chi connectivity index (χ4v) is 2.12. The lowest BCUT2D eigenvalue weighted by Crippen LogP contribution is -2.12. The highest BCUT2D eigenvalue weighted by atomic mass is 79.9. The van der Waals surface area contributed by atoms with Gasteiger partial charge in [-0.15, -0.1) is 0 Å². The van der Waals surface area contributed by atoms with Crippen molar-refractivity contribution < 1.29 is 4.74 Å². The molecule has 3 nitrogen and oxygen atoms in total. The second-order valence-electron chi connectivity index (χ2n) is 3.65. The normalized spacial score (nSPS) is 12.2. The highest BCUT2D eigenvalue weighted by molar-refractivity contribution is 9.10. The molecule has 2 rings (SSSR count). The predicted octanol–water partition coefficient (Wildman–Crippen LogP) is 2.90. The van der Waals surface area contributed by atoms with Gasteiger partial charge in [-0.3, -0.25) is 4.98 Å². The highest BCUT2D eigenvalue weighted by Gasteiger charge is 2.13. The Morgan fingerprint density at radius 3 is 2.82 bits per heavy atom. The van der Waals surface area contributed by atoms with Gasteiger partial charge < -0.3 is 10.5 Å². The molecule has 0 bridgehead atoms. The van der Waals surface area contributed by atoms with Crippen molar-refractivity contribution in [2.24, 2.45) is 5.73 Å². The van der Waals surface area contributed by atoms with E-state index in [1.54, 1.807) is 19.5 Å². The molecule has 0 spiro atoms. The van der Waals surface area contributed by atoms with Crippen LogP contribution in [0.15, 0.2) is 47.2 Å². The number of aromatic nitrogens is 1. The largest absolute Gasteiger partial charge is 0.497 e. The third-order valence-corrected chi connectivity index (χ3v) is 3.30. The third kappa shape index (κ3) is 2.65. The van der Waals surface area contributed by atoms with E-state index in [0.29, 0.717) is 0 Å². The van der Waals surface area contributed by atoms with E-state index in [2.05, 4.69) is 20.9 Å². The summed E-state index contributed by atoms with van der Waals surface area (Å²) in [4.78, 5) is 4.08. The van der Waals surface area contributed by atoms with E-state index in [1.165, 1.54) is 0 Å². The molecule has 1 heterocycles. The smallest absolute Gasteiger partial charge is 0.119 e. The van der Waals surface area contributed by atoms with Gasteiger partial charge in [0.2, 0.25) is 0 Å². The van der Waals surface area contributed by atoms with Crippen LogP contribution in [0.3, 0.4) is 0 Å². The number of pyridine rings is 1. The minimum atomic E-state index is -0.215. The molecule has 4 heteroatoms. The van der Waals surface area contributed by atoms with Crippen LogP contribution in [-0.4, -0.2) is 12.1 Å². The molecule has 0 saturated carbocycles. The van der Waals surface area contributed by atoms with E-state index >= 15 is 0 Å². The molecule has 2 aromatic rings. The summed E-state index contributed by atoms with van der Waals surface area (Å²) in [6, 6.07) is 9.39. The Morgan fingerprint density at radius 1 is 1.35 bits per heavy atom. The summed E-state index contributed by atoms with van der Waals surface area (Å²) in [7, 11) is 1.64. The van der Waals surface area contributed by atoms with Gasteiger partial charge >= 0.3 is 0 Å². The minimum Gasteiger partial charge on any atom is -0.497 e. The Labute approximate surface area is 109 Å². The topological polar surface area (TPSA) is 48.1 Å². The van der Waals surface area contributed by atoms with Crippen molar-refractivity contribution in [1.29, 1.82) is 0 Å². The van der Waals surface area contributed by atoms with Crippen LogP contribution in [0, 0.1) is 0 Å². The molecule has 2 N–H and O–H groups in total. The van der Waals surface area contributed by atoms with Crippen LogP contribution < -0.4 is 10.5 Å². The summed E-state index contributed by atoms with van der Waals surface area (Å²) in [6.07, 6.45) is 3.51. The number of hydrogen-bond acceptors (Lipinski definition) is 3. The highest BCUT2D eigenvalue weighted by Crippen LogP contribution is 2.29. The zero-order valence-electron chi connectivity index (χ0n) is 9.43. The molecular weight excluding hydrogens is 280 g/mol. The van der Waals surface area contributed by atoms with Gasteiger partial charge in [0.25, 0.3) is 0 Å². The van der Waals surface area contributed by atoms with Crippen LogP contribution in [0.4, 0.5) is 0 Å². The number of methoxy groups -OCH3 is 1. The van der Waals surface area contributed by atoms with Crippen LogP contribution in [0.1, 0.15) is 17.2 Å². The van der Waals surface area contributed by atoms with Gasteiger partial charge in [-0.25, -0.2) is 0 Å². The number of halogens is 1. The van der Waals surface area contributed by atoms with Crippen molar-refractivity contribution in [3.8, 4) is 5.75 Å². The Hall–Kier alpha value is -1.39. The second-order valence-corrected chi connectivity index (χ2v) is 4.51. The fraction of sp³-hybridized carbons (Fsp3) is 0.154. The van der Waals surface area contributed by atoms with Gasteiger partial charge in [0.15, 0.2) is 0 Å². The summed E-state index contributed by atoms with van der Waals surface area (Å²) in [5.41, 5.74) is 8.17. The van der Waals surface area contributed by atoms with Gasteiger partial charge in [-0.1, -0.05) is 22.0 Å². The number of nitrogens with two attached hydrogens (primary N) is 1. The first kappa shape index (κ1) is 12.1. The van der Waals surface area contributed by atoms with Crippen molar-refractivity contribution in [1.82, 2.24) is 4.98 Å². The zero-order chi connectivity index (χ0) is 12.3. The Morgan fingerprint density at radius 2 is 2.18 bits per heavy atom. The quantitative estimate of drug-likeness (QED) is 0.946. The molecule has 0 aliphatic rings. The molecule has 17 heavy (non-hydrogen) atoms. The standard InChI is InChI=1S/C13H13BrN2O/c1-17-10-4-5-12(14)11(7-10)13(15)9-3-2-6-16-8-9/h2-8,13H,15H2,1H3. The van der Waals surface area contributed by atoms with E-state index in [0.717, 1.165) is 21.3 Å². The molecule has 1 aromatic heterocycles. The molecule has 0 saturated heterocycles. The monoisotopic (exact) mass is 292 g/mol. The molecule has 0 amide bonds. The minimum absolute atomic E-state index is 0.215. The van der Waals surface area contributed by atoms with Crippen molar-refractivity contribution in [3.05, 3.63) is 58.3 Å². The zero-order valence-corrected chi connectivity index (χ0v) is 11.0. The van der Waals surface area contributed by atoms with Crippen molar-refractivity contribution in [2.75, 3.05) is 7.11 Å². The second kappa shape index (κ2) is 5.29. The summed E-state index contributed by atoms with van der Waals surface area (Å²) in [6.45, 7) is 0. The third-order valence-electron chi connectivity index (χ3n) is 2.58. The number of ether oxygens (including phenoxy) is 1. The van der Waals surface area contributed by atoms with Crippen LogP contribution >= 0.6 is 15.9 Å². The summed E-state index contributed by atoms with van der Waals surface area (Å²) < 4.78 is 6.17. The number of nitrogens with zero attached hydrogens (tertiary/aromatic N) is 1. The predicted molar refractivity (Wildman–Crippen MR) is 71.0 cm³/mol. The maximum atomic E-state index is 6.22. The number of rotatable bonds is 3. The van der Waals surface area contributed by atoms with E-state index in [4.69, 9.17) is 10.5 Å². The average molecular weight is 293 g/mol. The molecule has 1 atom stereocenters. The van der Waals surface area contributed by atoms with E-state index in [-0.39, 0.29) is 6.04 Å². The number of benzene rings is 1. The van der Waals surface area contributed by atoms with Crippen LogP contribution in [0.2, 0.25) is 0 Å². The van der Waals surface area contributed by atoms with Crippen molar-refractivity contribution in [2.45, 2.75) is 6.04 Å². The van der Waals surface area contributed by atoms with Crippen LogP contribution in [0.25, 0.3) is 0 Å². The first-order valence-corrected chi connectivity index (χ1v) is 6.00. The molecule has 1 aromatic carbocycles. The van der Waals surface area contributed by atoms with Crippen molar-refractivity contribution in [3.63, 3.8) is 0 Å². The molecule has 0 fully saturated rings. The first-order valence-electron chi connectivity index (χ1n) is 5.21. The van der Waals surface area contributed by atoms with Crippen LogP contribution in [-0.2, 0) is 0 Å². The van der Waals surface area contributed by atoms with Gasteiger partial charge in [-0.05, 0) is 35.4 Å². The molecule has 1 unspecified atom stereocenters. The fourth-order valence-electron chi connectivity index (χ4n) is 1.63. The van der Waals surface area contributed by atoms with Gasteiger partial charge in [-0.2, -0.15) is 0 Å².